The molecule has 0 aliphatic carbocycles. The van der Waals surface area contributed by atoms with Crippen LogP contribution in [-0.4, -0.2) is 64.5 Å². The first kappa shape index (κ1) is 12.0. The second kappa shape index (κ2) is 11.1. The van der Waals surface area contributed by atoms with E-state index in [0.717, 1.165) is 11.5 Å². The van der Waals surface area contributed by atoms with Crippen molar-refractivity contribution in [1.82, 2.24) is 0 Å². The first-order valence-electron chi connectivity index (χ1n) is 2.21. The molecule has 0 saturated heterocycles. The normalized spacial score (nSPS) is 8.25. The van der Waals surface area contributed by atoms with E-state index in [4.69, 9.17) is 10.2 Å². The third-order valence-electron chi connectivity index (χ3n) is 0.471. The van der Waals surface area contributed by atoms with Gasteiger partial charge in [0.1, 0.15) is 0 Å². The van der Waals surface area contributed by atoms with E-state index in [1.807, 2.05) is 0 Å². The minimum Gasteiger partial charge on any atom is -0.396 e. The summed E-state index contributed by atoms with van der Waals surface area (Å²) in [5, 5.41) is 16.4. The van der Waals surface area contributed by atoms with Crippen molar-refractivity contribution >= 4 is 41.3 Å². The molecule has 0 saturated carbocycles. The zero-order chi connectivity index (χ0) is 5.54. The molecule has 0 fully saturated rings. The molecule has 0 bridgehead atoms. The van der Waals surface area contributed by atoms with Crippen LogP contribution in [0.2, 0.25) is 0 Å². The van der Waals surface area contributed by atoms with Crippen molar-refractivity contribution in [3.8, 4) is 0 Å². The average molecular weight is 145 g/mol. The number of aliphatic hydroxyl groups is 2. The molecular weight excluding hydrogens is 135 g/mol. The zero-order valence-corrected chi connectivity index (χ0v) is 7.95. The van der Waals surface area contributed by atoms with Crippen molar-refractivity contribution < 1.29 is 10.2 Å². The molecule has 0 heterocycles. The van der Waals surface area contributed by atoms with Gasteiger partial charge in [0, 0.05) is 41.1 Å². The van der Waals surface area contributed by atoms with E-state index in [1.165, 1.54) is 0 Å². The van der Waals surface area contributed by atoms with Crippen molar-refractivity contribution in [1.29, 1.82) is 0 Å². The molecule has 8 heavy (non-hydrogen) atoms. The number of hydrogen-bond donors (Lipinski definition) is 2. The Morgan fingerprint density at radius 2 is 1.38 bits per heavy atom. The SMILES string of the molecule is OCCSCCO.[Na]. The van der Waals surface area contributed by atoms with E-state index in [0.29, 0.717) is 0 Å². The van der Waals surface area contributed by atoms with Crippen molar-refractivity contribution in [3.63, 3.8) is 0 Å². The van der Waals surface area contributed by atoms with Crippen LogP contribution in [0.25, 0.3) is 0 Å². The second-order valence-corrected chi connectivity index (χ2v) is 2.28. The smallest absolute Gasteiger partial charge is 0.0521 e. The van der Waals surface area contributed by atoms with Crippen molar-refractivity contribution in [2.24, 2.45) is 0 Å². The molecule has 1 radical (unpaired) electrons. The van der Waals surface area contributed by atoms with Gasteiger partial charge in [0.05, 0.1) is 13.2 Å². The van der Waals surface area contributed by atoms with Gasteiger partial charge in [-0.05, 0) is 0 Å². The molecule has 0 aromatic heterocycles. The number of thioether (sulfide) groups is 1. The van der Waals surface area contributed by atoms with Crippen LogP contribution in [0.15, 0.2) is 0 Å². The largest absolute Gasteiger partial charge is 0.396 e. The Labute approximate surface area is 76.0 Å². The van der Waals surface area contributed by atoms with E-state index < -0.39 is 0 Å². The van der Waals surface area contributed by atoms with Crippen LogP contribution in [-0.2, 0) is 0 Å². The summed E-state index contributed by atoms with van der Waals surface area (Å²) in [6.07, 6.45) is 0. The van der Waals surface area contributed by atoms with Crippen molar-refractivity contribution in [2.45, 2.75) is 0 Å². The molecule has 0 aliphatic heterocycles. The van der Waals surface area contributed by atoms with E-state index in [2.05, 4.69) is 0 Å². The minimum absolute atomic E-state index is 0. The summed E-state index contributed by atoms with van der Waals surface area (Å²) in [5.74, 6) is 1.47. The number of aliphatic hydroxyl groups excluding tert-OH is 2. The van der Waals surface area contributed by atoms with Gasteiger partial charge in [0.25, 0.3) is 0 Å². The van der Waals surface area contributed by atoms with E-state index in [1.54, 1.807) is 11.8 Å². The van der Waals surface area contributed by atoms with Gasteiger partial charge in [-0.25, -0.2) is 0 Å². The third kappa shape index (κ3) is 10.3. The Hall–Kier alpha value is 1.27. The van der Waals surface area contributed by atoms with E-state index >= 15 is 0 Å². The average Bonchev–Trinajstić information content (AvgIpc) is 1.69. The zero-order valence-electron chi connectivity index (χ0n) is 5.13. The molecule has 0 rings (SSSR count). The van der Waals surface area contributed by atoms with E-state index in [9.17, 15) is 0 Å². The first-order valence-corrected chi connectivity index (χ1v) is 3.36. The van der Waals surface area contributed by atoms with Crippen LogP contribution in [0.1, 0.15) is 0 Å². The summed E-state index contributed by atoms with van der Waals surface area (Å²) in [4.78, 5) is 0. The van der Waals surface area contributed by atoms with Crippen LogP contribution in [0, 0.1) is 0 Å². The molecule has 4 heteroatoms. The van der Waals surface area contributed by atoms with Crippen molar-refractivity contribution in [3.05, 3.63) is 0 Å². The predicted molar refractivity (Wildman–Crippen MR) is 37.3 cm³/mol. The molecule has 0 amide bonds. The van der Waals surface area contributed by atoms with Gasteiger partial charge < -0.3 is 10.2 Å². The van der Waals surface area contributed by atoms with Gasteiger partial charge in [-0.15, -0.1) is 0 Å². The van der Waals surface area contributed by atoms with Crippen LogP contribution in [0.4, 0.5) is 0 Å². The molecule has 45 valence electrons. The minimum atomic E-state index is 0. The van der Waals surface area contributed by atoms with Gasteiger partial charge in [-0.1, -0.05) is 0 Å². The Balaban J connectivity index is 0. The summed E-state index contributed by atoms with van der Waals surface area (Å²) in [6.45, 7) is 0.426. The van der Waals surface area contributed by atoms with Crippen LogP contribution in [0.3, 0.4) is 0 Å². The number of rotatable bonds is 4. The second-order valence-electron chi connectivity index (χ2n) is 1.06. The summed E-state index contributed by atoms with van der Waals surface area (Å²) >= 11 is 1.55. The summed E-state index contributed by atoms with van der Waals surface area (Å²) in [6, 6.07) is 0. The van der Waals surface area contributed by atoms with Gasteiger partial charge in [0.2, 0.25) is 0 Å². The van der Waals surface area contributed by atoms with Crippen LogP contribution in [0.5, 0.6) is 0 Å². The maximum atomic E-state index is 8.19. The predicted octanol–water partition coefficient (Wildman–Crippen LogP) is -0.677. The molecule has 2 N–H and O–H groups in total. The topological polar surface area (TPSA) is 40.5 Å². The summed E-state index contributed by atoms with van der Waals surface area (Å²) < 4.78 is 0. The molecule has 0 unspecified atom stereocenters. The Kier molecular flexibility index (Phi) is 16.7. The van der Waals surface area contributed by atoms with Gasteiger partial charge in [-0.2, -0.15) is 11.8 Å². The van der Waals surface area contributed by atoms with E-state index in [-0.39, 0.29) is 42.8 Å². The van der Waals surface area contributed by atoms with Crippen molar-refractivity contribution in [2.75, 3.05) is 24.7 Å². The Morgan fingerprint density at radius 1 is 1.00 bits per heavy atom. The Morgan fingerprint density at radius 3 is 1.62 bits per heavy atom. The fraction of sp³-hybridized carbons (Fsp3) is 1.00. The maximum absolute atomic E-state index is 8.19. The molecule has 2 nitrogen and oxygen atoms in total. The Bertz CT molecular complexity index is 33.2. The monoisotopic (exact) mass is 145 g/mol. The number of hydrogen-bond acceptors (Lipinski definition) is 3. The first-order chi connectivity index (χ1) is 3.41. The molecule has 0 aromatic carbocycles. The summed E-state index contributed by atoms with van der Waals surface area (Å²) in [5.41, 5.74) is 0. The van der Waals surface area contributed by atoms with Gasteiger partial charge >= 0.3 is 0 Å². The molecule has 0 spiro atoms. The quantitative estimate of drug-likeness (QED) is 0.407. The maximum Gasteiger partial charge on any atom is 0.0521 e. The van der Waals surface area contributed by atoms with Crippen LogP contribution >= 0.6 is 11.8 Å². The molecule has 0 aromatic rings. The third-order valence-corrected chi connectivity index (χ3v) is 1.41. The molecular formula is C4H10NaO2S. The molecule has 0 atom stereocenters. The van der Waals surface area contributed by atoms with Gasteiger partial charge in [-0.3, -0.25) is 0 Å². The fourth-order valence-electron chi connectivity index (χ4n) is 0.231. The van der Waals surface area contributed by atoms with Gasteiger partial charge in [0.15, 0.2) is 0 Å². The van der Waals surface area contributed by atoms with Crippen LogP contribution < -0.4 is 0 Å². The fourth-order valence-corrected chi connectivity index (χ4v) is 0.693. The molecule has 0 aliphatic rings. The summed E-state index contributed by atoms with van der Waals surface area (Å²) in [7, 11) is 0. The standard InChI is InChI=1S/C4H10O2S.Na/c5-1-3-7-4-2-6;/h5-6H,1-4H2;.